The molecule has 2 aliphatic rings. The number of hydrogen-bond donors (Lipinski definition) is 3. The number of nitrogen functional groups attached to an aromatic ring is 1. The minimum Gasteiger partial charge on any atom is -0.507 e. The zero-order valence-corrected chi connectivity index (χ0v) is 16.9. The summed E-state index contributed by atoms with van der Waals surface area (Å²) in [5.74, 6) is 0.457. The predicted molar refractivity (Wildman–Crippen MR) is 110 cm³/mol. The Morgan fingerprint density at radius 2 is 2.14 bits per heavy atom. The van der Waals surface area contributed by atoms with Crippen LogP contribution in [-0.2, 0) is 4.74 Å². The fourth-order valence-electron chi connectivity index (χ4n) is 3.54. The number of nitrogens with one attached hydrogen (secondary N) is 1. The lowest BCUT2D eigenvalue weighted by Gasteiger charge is -2.31. The van der Waals surface area contributed by atoms with Crippen LogP contribution < -0.4 is 16.0 Å². The van der Waals surface area contributed by atoms with Gasteiger partial charge >= 0.3 is 0 Å². The highest BCUT2D eigenvalue weighted by Gasteiger charge is 2.30. The van der Waals surface area contributed by atoms with E-state index in [0.717, 1.165) is 25.0 Å². The van der Waals surface area contributed by atoms with Crippen LogP contribution >= 0.6 is 11.6 Å². The Morgan fingerprint density at radius 3 is 2.86 bits per heavy atom. The lowest BCUT2D eigenvalue weighted by Crippen LogP contribution is -2.32. The van der Waals surface area contributed by atoms with Gasteiger partial charge in [0.15, 0.2) is 0 Å². The van der Waals surface area contributed by atoms with Gasteiger partial charge in [0, 0.05) is 36.0 Å². The number of hydrogen-bond acceptors (Lipinski definition) is 7. The maximum absolute atomic E-state index is 12.4. The second-order valence-corrected chi connectivity index (χ2v) is 7.91. The molecule has 0 radical (unpaired) electrons. The molecule has 4 N–H and O–H groups in total. The van der Waals surface area contributed by atoms with Crippen molar-refractivity contribution in [3.8, 4) is 5.75 Å². The number of halogens is 1. The largest absolute Gasteiger partial charge is 0.507 e. The smallest absolute Gasteiger partial charge is 0.255 e. The van der Waals surface area contributed by atoms with E-state index in [1.807, 2.05) is 13.0 Å². The number of phenols is 1. The Kier molecular flexibility index (Phi) is 5.47. The van der Waals surface area contributed by atoms with Gasteiger partial charge in [-0.2, -0.15) is 4.98 Å². The zero-order chi connectivity index (χ0) is 20.5. The van der Waals surface area contributed by atoms with Gasteiger partial charge in [-0.1, -0.05) is 11.6 Å². The summed E-state index contributed by atoms with van der Waals surface area (Å²) in [4.78, 5) is 23.0. The van der Waals surface area contributed by atoms with E-state index in [1.165, 1.54) is 6.07 Å². The first kappa shape index (κ1) is 19.7. The van der Waals surface area contributed by atoms with Gasteiger partial charge < -0.3 is 25.8 Å². The van der Waals surface area contributed by atoms with Crippen molar-refractivity contribution in [2.75, 3.05) is 30.4 Å². The number of rotatable bonds is 4. The van der Waals surface area contributed by atoms with Gasteiger partial charge in [0.05, 0.1) is 18.2 Å². The quantitative estimate of drug-likeness (QED) is 0.700. The van der Waals surface area contributed by atoms with E-state index < -0.39 is 0 Å². The van der Waals surface area contributed by atoms with E-state index in [9.17, 15) is 9.90 Å². The van der Waals surface area contributed by atoms with Crippen molar-refractivity contribution < 1.29 is 14.6 Å². The first-order chi connectivity index (χ1) is 13.9. The average Bonchev–Trinajstić information content (AvgIpc) is 3.48. The molecule has 4 rings (SSSR count). The van der Waals surface area contributed by atoms with Crippen LogP contribution in [0.5, 0.6) is 5.75 Å². The minimum atomic E-state index is -0.313. The normalized spacial score (nSPS) is 19.7. The summed E-state index contributed by atoms with van der Waals surface area (Å²) in [6, 6.07) is 4.84. The van der Waals surface area contributed by atoms with E-state index in [2.05, 4.69) is 20.2 Å². The third kappa shape index (κ3) is 4.38. The number of carbonyl (C=O) groups excluding carboxylic acids is 1. The molecule has 1 aromatic heterocycles. The van der Waals surface area contributed by atoms with E-state index in [1.54, 1.807) is 6.07 Å². The van der Waals surface area contributed by atoms with Crippen LogP contribution in [0.2, 0.25) is 5.02 Å². The third-order valence-corrected chi connectivity index (χ3v) is 5.45. The fourth-order valence-corrected chi connectivity index (χ4v) is 3.83. The van der Waals surface area contributed by atoms with Gasteiger partial charge in [0.1, 0.15) is 11.6 Å². The number of nitrogens with zero attached hydrogens (tertiary/aromatic N) is 3. The van der Waals surface area contributed by atoms with Gasteiger partial charge in [-0.25, -0.2) is 4.98 Å². The van der Waals surface area contributed by atoms with Crippen molar-refractivity contribution in [2.24, 2.45) is 0 Å². The van der Waals surface area contributed by atoms with Crippen LogP contribution in [0.25, 0.3) is 0 Å². The van der Waals surface area contributed by atoms with Crippen LogP contribution in [0.3, 0.4) is 0 Å². The second kappa shape index (κ2) is 8.04. The number of amides is 1. The zero-order valence-electron chi connectivity index (χ0n) is 16.2. The van der Waals surface area contributed by atoms with Crippen LogP contribution in [0.15, 0.2) is 18.2 Å². The molecule has 29 heavy (non-hydrogen) atoms. The summed E-state index contributed by atoms with van der Waals surface area (Å²) in [7, 11) is 0. The first-order valence-electron chi connectivity index (χ1n) is 9.71. The van der Waals surface area contributed by atoms with Crippen molar-refractivity contribution in [1.29, 1.82) is 0 Å². The molecule has 0 unspecified atom stereocenters. The molecule has 154 valence electrons. The Balaban J connectivity index is 1.69. The Labute approximate surface area is 174 Å². The van der Waals surface area contributed by atoms with Gasteiger partial charge in [-0.15, -0.1) is 0 Å². The Bertz CT molecular complexity index is 914. The molecular weight excluding hydrogens is 394 g/mol. The molecule has 1 aliphatic heterocycles. The monoisotopic (exact) mass is 417 g/mol. The molecular formula is C20H24ClN5O3. The molecule has 1 aromatic carbocycles. The summed E-state index contributed by atoms with van der Waals surface area (Å²) in [6.45, 7) is 3.52. The molecule has 1 amide bonds. The maximum atomic E-state index is 12.4. The van der Waals surface area contributed by atoms with Gasteiger partial charge in [0.2, 0.25) is 5.95 Å². The number of anilines is 2. The average molecular weight is 418 g/mol. The topological polar surface area (TPSA) is 114 Å². The maximum Gasteiger partial charge on any atom is 0.255 e. The second-order valence-electron chi connectivity index (χ2n) is 7.50. The van der Waals surface area contributed by atoms with Gasteiger partial charge in [-0.3, -0.25) is 4.79 Å². The van der Waals surface area contributed by atoms with E-state index in [0.29, 0.717) is 36.2 Å². The standard InChI is InChI=1S/C20H24ClN5O3/c1-11-7-18(25-20(22)23-11)26-5-2-6-29-10-16(26)13-9-17(27)14(8-15(13)21)19(28)24-12-3-4-12/h7-9,12,16,27H,2-6,10H2,1H3,(H,24,28)(H2,22,23,25)/t16-/m0/s1. The highest BCUT2D eigenvalue weighted by atomic mass is 35.5. The molecule has 8 nitrogen and oxygen atoms in total. The molecule has 2 heterocycles. The SMILES string of the molecule is Cc1cc(N2CCCOC[C@H]2c2cc(O)c(C(=O)NC3CC3)cc2Cl)nc(N)n1. The number of carbonyl (C=O) groups is 1. The lowest BCUT2D eigenvalue weighted by molar-refractivity contribution is 0.0948. The summed E-state index contributed by atoms with van der Waals surface area (Å²) in [6.07, 6.45) is 2.74. The fraction of sp³-hybridized carbons (Fsp3) is 0.450. The molecule has 1 saturated heterocycles. The van der Waals surface area contributed by atoms with Crippen molar-refractivity contribution in [2.45, 2.75) is 38.3 Å². The molecule has 0 spiro atoms. The van der Waals surface area contributed by atoms with E-state index in [-0.39, 0.29) is 35.3 Å². The van der Waals surface area contributed by atoms with Crippen LogP contribution in [0.1, 0.15) is 46.9 Å². The molecule has 9 heteroatoms. The van der Waals surface area contributed by atoms with Crippen molar-refractivity contribution in [1.82, 2.24) is 15.3 Å². The van der Waals surface area contributed by atoms with Crippen molar-refractivity contribution in [3.63, 3.8) is 0 Å². The summed E-state index contributed by atoms with van der Waals surface area (Å²) in [5, 5.41) is 13.8. The summed E-state index contributed by atoms with van der Waals surface area (Å²) < 4.78 is 5.77. The number of aromatic nitrogens is 2. The number of phenolic OH excluding ortho intramolecular Hbond substituents is 1. The number of aryl methyl sites for hydroxylation is 1. The predicted octanol–water partition coefficient (Wildman–Crippen LogP) is 2.59. The van der Waals surface area contributed by atoms with Crippen LogP contribution in [0, 0.1) is 6.92 Å². The van der Waals surface area contributed by atoms with Crippen molar-refractivity contribution >= 4 is 29.3 Å². The number of benzene rings is 1. The van der Waals surface area contributed by atoms with Gasteiger partial charge in [0.25, 0.3) is 5.91 Å². The summed E-state index contributed by atoms with van der Waals surface area (Å²) >= 11 is 6.57. The highest BCUT2D eigenvalue weighted by molar-refractivity contribution is 6.32. The van der Waals surface area contributed by atoms with Crippen LogP contribution in [-0.4, -0.2) is 46.8 Å². The number of aromatic hydroxyl groups is 1. The molecule has 1 saturated carbocycles. The first-order valence-corrected chi connectivity index (χ1v) is 10.1. The molecule has 2 aromatic rings. The van der Waals surface area contributed by atoms with E-state index in [4.69, 9.17) is 22.1 Å². The lowest BCUT2D eigenvalue weighted by atomic mass is 10.0. The Morgan fingerprint density at radius 1 is 1.34 bits per heavy atom. The Hall–Kier alpha value is -2.58. The van der Waals surface area contributed by atoms with Gasteiger partial charge in [-0.05, 0) is 43.9 Å². The molecule has 1 aliphatic carbocycles. The highest BCUT2D eigenvalue weighted by Crippen LogP contribution is 2.36. The molecule has 1 atom stereocenters. The molecule has 2 fully saturated rings. The summed E-state index contributed by atoms with van der Waals surface area (Å²) in [5.41, 5.74) is 7.46. The molecule has 0 bridgehead atoms. The van der Waals surface area contributed by atoms with Crippen molar-refractivity contribution in [3.05, 3.63) is 40.0 Å². The minimum absolute atomic E-state index is 0.106. The number of nitrogens with two attached hydrogens (primary N) is 1. The van der Waals surface area contributed by atoms with Crippen LogP contribution in [0.4, 0.5) is 11.8 Å². The van der Waals surface area contributed by atoms with E-state index >= 15 is 0 Å². The number of ether oxygens (including phenoxy) is 1. The third-order valence-electron chi connectivity index (χ3n) is 5.12.